The Labute approximate surface area is 121 Å². The molecular formula is C14H16N4O3. The van der Waals surface area contributed by atoms with E-state index in [9.17, 15) is 14.4 Å². The number of urea groups is 1. The average Bonchev–Trinajstić information content (AvgIpc) is 2.81. The van der Waals surface area contributed by atoms with Gasteiger partial charge in [-0.2, -0.15) is 0 Å². The van der Waals surface area contributed by atoms with Crippen LogP contribution in [0.2, 0.25) is 0 Å². The number of imide groups is 1. The molecule has 2 aliphatic rings. The van der Waals surface area contributed by atoms with Crippen LogP contribution in [-0.4, -0.2) is 58.3 Å². The number of rotatable bonds is 2. The van der Waals surface area contributed by atoms with Gasteiger partial charge in [0.15, 0.2) is 0 Å². The van der Waals surface area contributed by atoms with Crippen molar-refractivity contribution in [2.24, 2.45) is 0 Å². The van der Waals surface area contributed by atoms with Crippen LogP contribution in [-0.2, 0) is 11.2 Å². The Morgan fingerprint density at radius 2 is 2.24 bits per heavy atom. The fourth-order valence-corrected chi connectivity index (χ4v) is 2.76. The van der Waals surface area contributed by atoms with Gasteiger partial charge in [0.25, 0.3) is 11.8 Å². The van der Waals surface area contributed by atoms with Gasteiger partial charge in [-0.3, -0.25) is 19.9 Å². The van der Waals surface area contributed by atoms with Gasteiger partial charge in [0.05, 0.1) is 6.54 Å². The molecule has 3 rings (SSSR count). The number of piperazine rings is 1. The largest absolute Gasteiger partial charge is 0.333 e. The number of amides is 4. The highest BCUT2D eigenvalue weighted by molar-refractivity contribution is 6.05. The van der Waals surface area contributed by atoms with E-state index in [0.717, 1.165) is 12.0 Å². The second kappa shape index (κ2) is 5.16. The molecule has 1 aromatic rings. The number of hydrogen-bond donors (Lipinski definition) is 1. The van der Waals surface area contributed by atoms with Gasteiger partial charge in [-0.25, -0.2) is 4.79 Å². The summed E-state index contributed by atoms with van der Waals surface area (Å²) in [6, 6.07) is 2.73. The number of pyridine rings is 1. The van der Waals surface area contributed by atoms with E-state index in [1.165, 1.54) is 4.90 Å². The number of carbonyl (C=O) groups excluding carboxylic acids is 3. The van der Waals surface area contributed by atoms with Crippen molar-refractivity contribution in [1.82, 2.24) is 20.1 Å². The summed E-state index contributed by atoms with van der Waals surface area (Å²) in [5, 5.41) is 2.28. The van der Waals surface area contributed by atoms with Crippen molar-refractivity contribution in [2.45, 2.75) is 19.4 Å². The van der Waals surface area contributed by atoms with Crippen LogP contribution in [0.25, 0.3) is 0 Å². The van der Waals surface area contributed by atoms with E-state index in [1.807, 2.05) is 13.0 Å². The van der Waals surface area contributed by atoms with E-state index in [0.29, 0.717) is 18.8 Å². The SMILES string of the molecule is CCc1cccnc1C(=O)N1CCN2C(=O)NC(=O)C2C1. The normalized spacial score (nSPS) is 21.3. The first-order valence-electron chi connectivity index (χ1n) is 6.96. The standard InChI is InChI=1S/C14H16N4O3/c1-2-9-4-3-5-15-11(9)13(20)17-6-7-18-10(8-17)12(19)16-14(18)21/h3-5,10H,2,6-8H2,1H3,(H,16,19,21). The first-order chi connectivity index (χ1) is 10.1. The van der Waals surface area contributed by atoms with E-state index in [2.05, 4.69) is 10.3 Å². The molecule has 0 spiro atoms. The Kier molecular flexibility index (Phi) is 3.32. The highest BCUT2D eigenvalue weighted by atomic mass is 16.2. The molecule has 7 nitrogen and oxygen atoms in total. The molecule has 4 amide bonds. The Bertz CT molecular complexity index is 616. The number of aromatic nitrogens is 1. The van der Waals surface area contributed by atoms with E-state index in [4.69, 9.17) is 0 Å². The molecule has 7 heteroatoms. The lowest BCUT2D eigenvalue weighted by molar-refractivity contribution is -0.122. The third-order valence-electron chi connectivity index (χ3n) is 3.94. The molecule has 0 aliphatic carbocycles. The highest BCUT2D eigenvalue weighted by Crippen LogP contribution is 2.18. The van der Waals surface area contributed by atoms with Crippen LogP contribution in [0.3, 0.4) is 0 Å². The third kappa shape index (κ3) is 2.24. The maximum Gasteiger partial charge on any atom is 0.324 e. The molecule has 2 saturated heterocycles. The molecule has 0 saturated carbocycles. The highest BCUT2D eigenvalue weighted by Gasteiger charge is 2.43. The zero-order chi connectivity index (χ0) is 15.0. The Morgan fingerprint density at radius 3 is 3.00 bits per heavy atom. The van der Waals surface area contributed by atoms with Gasteiger partial charge in [0, 0.05) is 19.3 Å². The Hall–Kier alpha value is -2.44. The van der Waals surface area contributed by atoms with Crippen LogP contribution in [0, 0.1) is 0 Å². The van der Waals surface area contributed by atoms with Crippen LogP contribution in [0.15, 0.2) is 18.3 Å². The topological polar surface area (TPSA) is 82.6 Å². The quantitative estimate of drug-likeness (QED) is 0.778. The van der Waals surface area contributed by atoms with Crippen LogP contribution in [0.1, 0.15) is 23.0 Å². The second-order valence-electron chi connectivity index (χ2n) is 5.12. The molecule has 1 N–H and O–H groups in total. The summed E-state index contributed by atoms with van der Waals surface area (Å²) in [6.07, 6.45) is 2.31. The van der Waals surface area contributed by atoms with E-state index in [1.54, 1.807) is 17.2 Å². The predicted molar refractivity (Wildman–Crippen MR) is 73.6 cm³/mol. The molecule has 2 aliphatic heterocycles. The average molecular weight is 288 g/mol. The fourth-order valence-electron chi connectivity index (χ4n) is 2.76. The minimum atomic E-state index is -0.580. The molecule has 0 radical (unpaired) electrons. The van der Waals surface area contributed by atoms with Crippen molar-refractivity contribution in [3.8, 4) is 0 Å². The van der Waals surface area contributed by atoms with E-state index in [-0.39, 0.29) is 24.4 Å². The van der Waals surface area contributed by atoms with E-state index >= 15 is 0 Å². The van der Waals surface area contributed by atoms with Gasteiger partial charge in [0.2, 0.25) is 0 Å². The minimum absolute atomic E-state index is 0.181. The van der Waals surface area contributed by atoms with Crippen molar-refractivity contribution < 1.29 is 14.4 Å². The molecule has 2 fully saturated rings. The molecule has 110 valence electrons. The molecule has 1 unspecified atom stereocenters. The molecule has 0 aromatic carbocycles. The number of nitrogens with zero attached hydrogens (tertiary/aromatic N) is 3. The molecular weight excluding hydrogens is 272 g/mol. The van der Waals surface area contributed by atoms with Gasteiger partial charge in [-0.15, -0.1) is 0 Å². The van der Waals surface area contributed by atoms with Crippen LogP contribution in [0.4, 0.5) is 4.79 Å². The molecule has 3 heterocycles. The molecule has 1 atom stereocenters. The molecule has 1 aromatic heterocycles. The molecule has 0 bridgehead atoms. The van der Waals surface area contributed by atoms with Crippen LogP contribution < -0.4 is 5.32 Å². The first-order valence-corrected chi connectivity index (χ1v) is 6.96. The zero-order valence-corrected chi connectivity index (χ0v) is 11.7. The van der Waals surface area contributed by atoms with Gasteiger partial charge < -0.3 is 9.80 Å². The van der Waals surface area contributed by atoms with Gasteiger partial charge in [-0.1, -0.05) is 13.0 Å². The van der Waals surface area contributed by atoms with Gasteiger partial charge >= 0.3 is 6.03 Å². The first kappa shape index (κ1) is 13.5. The number of aryl methyl sites for hydroxylation is 1. The minimum Gasteiger partial charge on any atom is -0.333 e. The lowest BCUT2D eigenvalue weighted by atomic mass is 10.1. The lowest BCUT2D eigenvalue weighted by Crippen LogP contribution is -2.54. The Morgan fingerprint density at radius 1 is 1.43 bits per heavy atom. The summed E-state index contributed by atoms with van der Waals surface area (Å²) in [5.41, 5.74) is 1.31. The summed E-state index contributed by atoms with van der Waals surface area (Å²) in [7, 11) is 0. The summed E-state index contributed by atoms with van der Waals surface area (Å²) in [4.78, 5) is 43.1. The van der Waals surface area contributed by atoms with Crippen molar-refractivity contribution in [3.63, 3.8) is 0 Å². The monoisotopic (exact) mass is 288 g/mol. The number of nitrogens with one attached hydrogen (secondary N) is 1. The second-order valence-corrected chi connectivity index (χ2v) is 5.12. The van der Waals surface area contributed by atoms with Gasteiger partial charge in [-0.05, 0) is 18.1 Å². The zero-order valence-electron chi connectivity index (χ0n) is 11.7. The maximum absolute atomic E-state index is 12.6. The maximum atomic E-state index is 12.6. The van der Waals surface area contributed by atoms with Crippen molar-refractivity contribution in [1.29, 1.82) is 0 Å². The van der Waals surface area contributed by atoms with Crippen molar-refractivity contribution >= 4 is 17.8 Å². The van der Waals surface area contributed by atoms with Crippen molar-refractivity contribution in [2.75, 3.05) is 19.6 Å². The molecule has 21 heavy (non-hydrogen) atoms. The van der Waals surface area contributed by atoms with Crippen LogP contribution >= 0.6 is 0 Å². The summed E-state index contributed by atoms with van der Waals surface area (Å²) in [5.74, 6) is -0.520. The van der Waals surface area contributed by atoms with E-state index < -0.39 is 6.04 Å². The number of carbonyl (C=O) groups is 3. The smallest absolute Gasteiger partial charge is 0.324 e. The van der Waals surface area contributed by atoms with Crippen LogP contribution in [0.5, 0.6) is 0 Å². The summed E-state index contributed by atoms with van der Waals surface area (Å²) < 4.78 is 0. The fraction of sp³-hybridized carbons (Fsp3) is 0.429. The van der Waals surface area contributed by atoms with Gasteiger partial charge in [0.1, 0.15) is 11.7 Å². The number of hydrogen-bond acceptors (Lipinski definition) is 4. The predicted octanol–water partition coefficient (Wildman–Crippen LogP) is 0.0202. The number of fused-ring (bicyclic) bond motifs is 1. The lowest BCUT2D eigenvalue weighted by Gasteiger charge is -2.35. The third-order valence-corrected chi connectivity index (χ3v) is 3.94. The van der Waals surface area contributed by atoms with Crippen molar-refractivity contribution in [3.05, 3.63) is 29.6 Å². The summed E-state index contributed by atoms with van der Waals surface area (Å²) >= 11 is 0. The summed E-state index contributed by atoms with van der Waals surface area (Å²) in [6.45, 7) is 2.96. The Balaban J connectivity index is 1.81.